The normalized spacial score (nSPS) is 15.1. The molecule has 0 spiro atoms. The van der Waals surface area contributed by atoms with E-state index in [1.807, 2.05) is 70.2 Å². The van der Waals surface area contributed by atoms with Gasteiger partial charge in [0.15, 0.2) is 9.84 Å². The van der Waals surface area contributed by atoms with Crippen LogP contribution in [0, 0.1) is 6.92 Å². The highest BCUT2D eigenvalue weighted by Crippen LogP contribution is 2.38. The summed E-state index contributed by atoms with van der Waals surface area (Å²) in [7, 11) is -3.51. The number of sulfone groups is 1. The second kappa shape index (κ2) is 14.6. The van der Waals surface area contributed by atoms with Gasteiger partial charge in [0.1, 0.15) is 11.4 Å². The van der Waals surface area contributed by atoms with E-state index in [4.69, 9.17) is 26.1 Å². The minimum absolute atomic E-state index is 0.0435. The molecule has 50 heavy (non-hydrogen) atoms. The van der Waals surface area contributed by atoms with E-state index in [2.05, 4.69) is 15.3 Å². The Balaban J connectivity index is 1.23. The topological polar surface area (TPSA) is 124 Å². The fourth-order valence-electron chi connectivity index (χ4n) is 6.05. The van der Waals surface area contributed by atoms with Gasteiger partial charge in [-0.2, -0.15) is 0 Å². The van der Waals surface area contributed by atoms with Crippen LogP contribution in [-0.2, 0) is 26.1 Å². The minimum Gasteiger partial charge on any atom is -0.444 e. The number of carbonyl (C=O) groups excluding carboxylic acids is 1. The standard InChI is InChI=1S/C38H40ClN5O5S/c1-25-15-16-30-27(24-50(46,47)23-26-9-5-11-28(39)21-26)10-6-13-31(30)34(25)48-35-32(14-7-18-40-35)33-17-19-41-36(43-33)42-29-12-8-20-44(22-29)37(45)49-38(2,3)4/h5-7,9-11,13-19,21,29H,8,12,20,22-24H2,1-4H3,(H,41,42,43)/t29-/m0/s1. The molecule has 1 fully saturated rings. The van der Waals surface area contributed by atoms with Crippen LogP contribution >= 0.6 is 11.6 Å². The first kappa shape index (κ1) is 35.1. The van der Waals surface area contributed by atoms with E-state index in [-0.39, 0.29) is 23.6 Å². The molecule has 1 amide bonds. The fourth-order valence-corrected chi connectivity index (χ4v) is 7.77. The maximum atomic E-state index is 13.3. The van der Waals surface area contributed by atoms with E-state index in [0.717, 1.165) is 29.2 Å². The summed E-state index contributed by atoms with van der Waals surface area (Å²) >= 11 is 6.10. The number of amides is 1. The highest BCUT2D eigenvalue weighted by Gasteiger charge is 2.28. The fraction of sp³-hybridized carbons (Fsp3) is 0.316. The summed E-state index contributed by atoms with van der Waals surface area (Å²) in [6.07, 6.45) is 4.69. The van der Waals surface area contributed by atoms with Crippen molar-refractivity contribution in [2.75, 3.05) is 18.4 Å². The molecule has 0 saturated carbocycles. The van der Waals surface area contributed by atoms with Crippen molar-refractivity contribution >= 4 is 44.3 Å². The molecule has 1 N–H and O–H groups in total. The molecular formula is C38H40ClN5O5S. The van der Waals surface area contributed by atoms with Crippen LogP contribution in [0.5, 0.6) is 11.6 Å². The number of halogens is 1. The van der Waals surface area contributed by atoms with Crippen molar-refractivity contribution in [3.63, 3.8) is 0 Å². The molecule has 0 aliphatic carbocycles. The predicted molar refractivity (Wildman–Crippen MR) is 196 cm³/mol. The number of aryl methyl sites for hydroxylation is 1. The van der Waals surface area contributed by atoms with Crippen molar-refractivity contribution < 1.29 is 22.7 Å². The van der Waals surface area contributed by atoms with Crippen molar-refractivity contribution in [2.45, 2.75) is 63.7 Å². The zero-order valence-electron chi connectivity index (χ0n) is 28.5. The molecule has 0 unspecified atom stereocenters. The maximum absolute atomic E-state index is 13.3. The van der Waals surface area contributed by atoms with Gasteiger partial charge in [0.2, 0.25) is 11.8 Å². The van der Waals surface area contributed by atoms with Crippen molar-refractivity contribution in [1.82, 2.24) is 19.9 Å². The summed E-state index contributed by atoms with van der Waals surface area (Å²) in [5.74, 6) is 1.10. The SMILES string of the molecule is Cc1ccc2c(CS(=O)(=O)Cc3cccc(Cl)c3)cccc2c1Oc1ncccc1-c1ccnc(N[C@H]2CCCN(C(=O)OC(C)(C)C)C2)n1. The van der Waals surface area contributed by atoms with Gasteiger partial charge in [-0.15, -0.1) is 0 Å². The number of rotatable bonds is 9. The van der Waals surface area contributed by atoms with Gasteiger partial charge in [-0.1, -0.05) is 54.1 Å². The third kappa shape index (κ3) is 8.70. The van der Waals surface area contributed by atoms with Crippen LogP contribution in [0.3, 0.4) is 0 Å². The number of anilines is 1. The molecule has 1 saturated heterocycles. The first-order valence-electron chi connectivity index (χ1n) is 16.5. The molecule has 1 atom stereocenters. The highest BCUT2D eigenvalue weighted by molar-refractivity contribution is 7.89. The highest BCUT2D eigenvalue weighted by atomic mass is 35.5. The molecule has 12 heteroatoms. The van der Waals surface area contributed by atoms with Crippen LogP contribution in [0.2, 0.25) is 5.02 Å². The Kier molecular flexibility index (Phi) is 10.3. The minimum atomic E-state index is -3.51. The number of nitrogens with zero attached hydrogens (tertiary/aromatic N) is 4. The number of likely N-dealkylation sites (tertiary alicyclic amines) is 1. The smallest absolute Gasteiger partial charge is 0.410 e. The van der Waals surface area contributed by atoms with Crippen LogP contribution in [0.1, 0.15) is 50.3 Å². The van der Waals surface area contributed by atoms with Gasteiger partial charge >= 0.3 is 6.09 Å². The lowest BCUT2D eigenvalue weighted by molar-refractivity contribution is 0.0206. The summed E-state index contributed by atoms with van der Waals surface area (Å²) in [5.41, 5.74) is 2.89. The molecule has 5 aromatic rings. The van der Waals surface area contributed by atoms with Gasteiger partial charge < -0.3 is 19.7 Å². The second-order valence-electron chi connectivity index (χ2n) is 13.5. The van der Waals surface area contributed by atoms with E-state index >= 15 is 0 Å². The first-order chi connectivity index (χ1) is 23.8. The molecule has 0 bridgehead atoms. The third-order valence-corrected chi connectivity index (χ3v) is 10.0. The number of carbonyl (C=O) groups is 1. The molecule has 2 aromatic heterocycles. The van der Waals surface area contributed by atoms with Gasteiger partial charge in [0, 0.05) is 41.9 Å². The quantitative estimate of drug-likeness (QED) is 0.160. The van der Waals surface area contributed by atoms with E-state index in [0.29, 0.717) is 58.1 Å². The number of nitrogens with one attached hydrogen (secondary N) is 1. The summed E-state index contributed by atoms with van der Waals surface area (Å²) in [6.45, 7) is 8.63. The number of piperidine rings is 1. The lowest BCUT2D eigenvalue weighted by Gasteiger charge is -2.34. The molecule has 1 aliphatic rings. The lowest BCUT2D eigenvalue weighted by Crippen LogP contribution is -2.47. The summed E-state index contributed by atoms with van der Waals surface area (Å²) in [4.78, 5) is 28.2. The number of fused-ring (bicyclic) bond motifs is 1. The number of pyridine rings is 1. The van der Waals surface area contributed by atoms with Gasteiger partial charge in [-0.3, -0.25) is 0 Å². The Morgan fingerprint density at radius 1 is 0.980 bits per heavy atom. The lowest BCUT2D eigenvalue weighted by atomic mass is 10.0. The average molecular weight is 714 g/mol. The Hall–Kier alpha value is -4.74. The molecule has 6 rings (SSSR count). The Labute approximate surface area is 297 Å². The molecule has 0 radical (unpaired) electrons. The van der Waals surface area contributed by atoms with E-state index < -0.39 is 15.4 Å². The predicted octanol–water partition coefficient (Wildman–Crippen LogP) is 8.37. The monoisotopic (exact) mass is 713 g/mol. The summed E-state index contributed by atoms with van der Waals surface area (Å²) in [6, 6.07) is 21.8. The zero-order valence-corrected chi connectivity index (χ0v) is 30.1. The van der Waals surface area contributed by atoms with E-state index in [1.165, 1.54) is 0 Å². The zero-order chi connectivity index (χ0) is 35.5. The Morgan fingerprint density at radius 2 is 1.80 bits per heavy atom. The Morgan fingerprint density at radius 3 is 2.60 bits per heavy atom. The van der Waals surface area contributed by atoms with E-state index in [9.17, 15) is 13.2 Å². The average Bonchev–Trinajstić information content (AvgIpc) is 3.05. The number of ether oxygens (including phenoxy) is 2. The van der Waals surface area contributed by atoms with Crippen LogP contribution in [0.25, 0.3) is 22.0 Å². The van der Waals surface area contributed by atoms with Crippen molar-refractivity contribution in [1.29, 1.82) is 0 Å². The van der Waals surface area contributed by atoms with Crippen LogP contribution in [0.15, 0.2) is 85.2 Å². The van der Waals surface area contributed by atoms with Crippen molar-refractivity contribution in [3.05, 3.63) is 107 Å². The summed E-state index contributed by atoms with van der Waals surface area (Å²) in [5, 5.41) is 5.45. The first-order valence-corrected chi connectivity index (χ1v) is 18.7. The van der Waals surface area contributed by atoms with E-state index in [1.54, 1.807) is 47.6 Å². The number of benzene rings is 3. The molecule has 3 heterocycles. The third-order valence-electron chi connectivity index (χ3n) is 8.26. The number of hydrogen-bond acceptors (Lipinski definition) is 9. The van der Waals surface area contributed by atoms with Gasteiger partial charge in [-0.25, -0.2) is 28.2 Å². The number of aromatic nitrogens is 3. The largest absolute Gasteiger partial charge is 0.444 e. The molecule has 3 aromatic carbocycles. The van der Waals surface area contributed by atoms with Crippen molar-refractivity contribution in [2.24, 2.45) is 0 Å². The van der Waals surface area contributed by atoms with Crippen molar-refractivity contribution in [3.8, 4) is 22.9 Å². The molecule has 260 valence electrons. The van der Waals surface area contributed by atoms with Gasteiger partial charge in [0.05, 0.1) is 22.8 Å². The maximum Gasteiger partial charge on any atom is 0.410 e. The number of hydrogen-bond donors (Lipinski definition) is 1. The molecule has 1 aliphatic heterocycles. The van der Waals surface area contributed by atoms with Crippen LogP contribution in [-0.4, -0.2) is 59.1 Å². The second-order valence-corrected chi connectivity index (χ2v) is 16.0. The Bertz CT molecular complexity index is 2140. The van der Waals surface area contributed by atoms with Gasteiger partial charge in [0.25, 0.3) is 0 Å². The van der Waals surface area contributed by atoms with Crippen LogP contribution < -0.4 is 10.1 Å². The molecular weight excluding hydrogens is 674 g/mol. The molecule has 10 nitrogen and oxygen atoms in total. The van der Waals surface area contributed by atoms with Crippen LogP contribution in [0.4, 0.5) is 10.7 Å². The van der Waals surface area contributed by atoms with Gasteiger partial charge in [-0.05, 0) is 92.9 Å². The summed E-state index contributed by atoms with van der Waals surface area (Å²) < 4.78 is 38.7.